The van der Waals surface area contributed by atoms with Crippen molar-refractivity contribution in [3.63, 3.8) is 0 Å². The summed E-state index contributed by atoms with van der Waals surface area (Å²) >= 11 is 0. The molecule has 1 saturated carbocycles. The summed E-state index contributed by atoms with van der Waals surface area (Å²) in [6.07, 6.45) is 4.87. The highest BCUT2D eigenvalue weighted by Crippen LogP contribution is 2.23. The molecule has 0 spiro atoms. The number of benzene rings is 1. The molecule has 2 N–H and O–H groups in total. The number of hydrogen-bond acceptors (Lipinski definition) is 2. The van der Waals surface area contributed by atoms with Gasteiger partial charge < -0.3 is 10.2 Å². The number of quaternary nitrogens is 1. The molecule has 3 rings (SSSR count). The molecule has 1 aromatic heterocycles. The number of aromatic nitrogens is 2. The predicted octanol–water partition coefficient (Wildman–Crippen LogP) is 2.20. The lowest BCUT2D eigenvalue weighted by Crippen LogP contribution is -3.09. The Labute approximate surface area is 162 Å². The molecule has 2 aromatic rings. The molecule has 1 heterocycles. The maximum atomic E-state index is 12.5. The number of aryl methyl sites for hydroxylation is 1. The Balaban J connectivity index is 1.61. The fraction of sp³-hybridized carbons (Fsp3) is 0.545. The van der Waals surface area contributed by atoms with Gasteiger partial charge in [-0.3, -0.25) is 4.79 Å². The van der Waals surface area contributed by atoms with Crippen LogP contribution in [0.25, 0.3) is 5.69 Å². The standard InChI is InChI=1S/C22H32N4O/c1-16-10-8-9-13-21(16)23-22(27)15-25(4)14-20-17(2)24-26(18(20)3)19-11-6-5-7-12-19/h5-7,11-12,16,21H,8-10,13-15H2,1-4H3,(H,23,27)/p+1/t16-,21+/m0/s1. The van der Waals surface area contributed by atoms with Gasteiger partial charge in [-0.05, 0) is 44.7 Å². The molecule has 5 heteroatoms. The fourth-order valence-corrected chi connectivity index (χ4v) is 4.18. The number of nitrogens with one attached hydrogen (secondary N) is 2. The maximum Gasteiger partial charge on any atom is 0.275 e. The highest BCUT2D eigenvalue weighted by Gasteiger charge is 2.24. The topological polar surface area (TPSA) is 51.4 Å². The first-order chi connectivity index (χ1) is 13.0. The summed E-state index contributed by atoms with van der Waals surface area (Å²) in [7, 11) is 2.09. The van der Waals surface area contributed by atoms with E-state index in [1.54, 1.807) is 0 Å². The summed E-state index contributed by atoms with van der Waals surface area (Å²) in [5, 5.41) is 7.98. The van der Waals surface area contributed by atoms with Gasteiger partial charge in [-0.2, -0.15) is 5.10 Å². The molecule has 0 saturated heterocycles. The van der Waals surface area contributed by atoms with Gasteiger partial charge in [0.25, 0.3) is 5.91 Å². The van der Waals surface area contributed by atoms with Gasteiger partial charge in [-0.1, -0.05) is 38.0 Å². The van der Waals surface area contributed by atoms with Crippen molar-refractivity contribution in [2.45, 2.75) is 59.0 Å². The summed E-state index contributed by atoms with van der Waals surface area (Å²) in [5.41, 5.74) is 4.50. The number of nitrogens with zero attached hydrogens (tertiary/aromatic N) is 2. The molecule has 1 amide bonds. The molecule has 1 fully saturated rings. The predicted molar refractivity (Wildman–Crippen MR) is 108 cm³/mol. The molecule has 0 bridgehead atoms. The van der Waals surface area contributed by atoms with Gasteiger partial charge in [0.05, 0.1) is 29.7 Å². The van der Waals surface area contributed by atoms with Crippen molar-refractivity contribution in [3.05, 3.63) is 47.3 Å². The lowest BCUT2D eigenvalue weighted by atomic mass is 9.86. The molecule has 0 radical (unpaired) electrons. The molecule has 27 heavy (non-hydrogen) atoms. The number of likely N-dealkylation sites (N-methyl/N-ethyl adjacent to an activating group) is 1. The zero-order chi connectivity index (χ0) is 19.4. The summed E-state index contributed by atoms with van der Waals surface area (Å²) in [5.74, 6) is 0.758. The summed E-state index contributed by atoms with van der Waals surface area (Å²) in [6.45, 7) is 7.72. The highest BCUT2D eigenvalue weighted by atomic mass is 16.2. The van der Waals surface area contributed by atoms with Gasteiger partial charge in [-0.15, -0.1) is 0 Å². The van der Waals surface area contributed by atoms with Crippen molar-refractivity contribution in [1.29, 1.82) is 0 Å². The van der Waals surface area contributed by atoms with Crippen LogP contribution in [0.5, 0.6) is 0 Å². The monoisotopic (exact) mass is 369 g/mol. The third kappa shape index (κ3) is 4.78. The minimum absolute atomic E-state index is 0.164. The quantitative estimate of drug-likeness (QED) is 0.820. The van der Waals surface area contributed by atoms with Crippen molar-refractivity contribution in [3.8, 4) is 5.69 Å². The Bertz CT molecular complexity index is 768. The summed E-state index contributed by atoms with van der Waals surface area (Å²) < 4.78 is 2.00. The van der Waals surface area contributed by atoms with E-state index in [0.717, 1.165) is 30.0 Å². The molecule has 3 atom stereocenters. The minimum atomic E-state index is 0.164. The van der Waals surface area contributed by atoms with Gasteiger partial charge in [0.1, 0.15) is 6.54 Å². The van der Waals surface area contributed by atoms with Crippen molar-refractivity contribution < 1.29 is 9.69 Å². The number of para-hydroxylation sites is 1. The van der Waals surface area contributed by atoms with E-state index in [0.29, 0.717) is 18.5 Å². The van der Waals surface area contributed by atoms with Gasteiger partial charge in [0.2, 0.25) is 0 Å². The number of hydrogen-bond donors (Lipinski definition) is 2. The zero-order valence-electron chi connectivity index (χ0n) is 17.1. The second kappa shape index (κ2) is 8.70. The highest BCUT2D eigenvalue weighted by molar-refractivity contribution is 5.77. The van der Waals surface area contributed by atoms with E-state index in [4.69, 9.17) is 5.10 Å². The summed E-state index contributed by atoms with van der Waals surface area (Å²) in [4.78, 5) is 13.7. The van der Waals surface area contributed by atoms with Gasteiger partial charge in [0.15, 0.2) is 6.54 Å². The van der Waals surface area contributed by atoms with E-state index in [9.17, 15) is 4.79 Å². The van der Waals surface area contributed by atoms with Crippen LogP contribution in [0, 0.1) is 19.8 Å². The zero-order valence-corrected chi connectivity index (χ0v) is 17.1. The second-order valence-electron chi connectivity index (χ2n) is 8.14. The molecule has 0 aliphatic heterocycles. The van der Waals surface area contributed by atoms with E-state index in [1.807, 2.05) is 22.9 Å². The average molecular weight is 370 g/mol. The number of carbonyl (C=O) groups is 1. The second-order valence-corrected chi connectivity index (χ2v) is 8.14. The molecule has 1 aromatic carbocycles. The van der Waals surface area contributed by atoms with Crippen LogP contribution in [0.2, 0.25) is 0 Å². The van der Waals surface area contributed by atoms with Gasteiger partial charge >= 0.3 is 0 Å². The molecule has 5 nitrogen and oxygen atoms in total. The Morgan fingerprint density at radius 2 is 1.93 bits per heavy atom. The Hall–Kier alpha value is -2.14. The van der Waals surface area contributed by atoms with Crippen molar-refractivity contribution in [2.75, 3.05) is 13.6 Å². The van der Waals surface area contributed by atoms with Crippen LogP contribution in [-0.4, -0.2) is 35.3 Å². The first kappa shape index (κ1) is 19.6. The third-order valence-electron chi connectivity index (χ3n) is 5.84. The van der Waals surface area contributed by atoms with E-state index >= 15 is 0 Å². The van der Waals surface area contributed by atoms with Gasteiger partial charge in [0, 0.05) is 6.04 Å². The van der Waals surface area contributed by atoms with Crippen molar-refractivity contribution in [1.82, 2.24) is 15.1 Å². The van der Waals surface area contributed by atoms with Crippen LogP contribution in [0.4, 0.5) is 0 Å². The van der Waals surface area contributed by atoms with E-state index in [2.05, 4.69) is 45.3 Å². The lowest BCUT2D eigenvalue weighted by molar-refractivity contribution is -0.885. The number of carbonyl (C=O) groups excluding carboxylic acids is 1. The largest absolute Gasteiger partial charge is 0.348 e. The molecule has 1 unspecified atom stereocenters. The average Bonchev–Trinajstić information content (AvgIpc) is 2.92. The normalized spacial score (nSPS) is 21.0. The van der Waals surface area contributed by atoms with Gasteiger partial charge in [-0.25, -0.2) is 4.68 Å². The molecule has 146 valence electrons. The fourth-order valence-electron chi connectivity index (χ4n) is 4.18. The maximum absolute atomic E-state index is 12.5. The van der Waals surface area contributed by atoms with Crippen molar-refractivity contribution in [2.24, 2.45) is 5.92 Å². The van der Waals surface area contributed by atoms with Crippen LogP contribution in [0.3, 0.4) is 0 Å². The Morgan fingerprint density at radius 3 is 2.63 bits per heavy atom. The number of amides is 1. The van der Waals surface area contributed by atoms with E-state index in [1.165, 1.54) is 29.7 Å². The molecule has 1 aliphatic rings. The van der Waals surface area contributed by atoms with E-state index in [-0.39, 0.29) is 5.91 Å². The first-order valence-corrected chi connectivity index (χ1v) is 10.2. The Kier molecular flexibility index (Phi) is 6.32. The van der Waals surface area contributed by atoms with Crippen LogP contribution in [0.15, 0.2) is 30.3 Å². The van der Waals surface area contributed by atoms with Crippen LogP contribution in [-0.2, 0) is 11.3 Å². The van der Waals surface area contributed by atoms with Crippen LogP contribution < -0.4 is 10.2 Å². The summed E-state index contributed by atoms with van der Waals surface area (Å²) in [6, 6.07) is 10.6. The van der Waals surface area contributed by atoms with Crippen molar-refractivity contribution >= 4 is 5.91 Å². The lowest BCUT2D eigenvalue weighted by Gasteiger charge is -2.29. The van der Waals surface area contributed by atoms with Crippen LogP contribution >= 0.6 is 0 Å². The molecular formula is C22H33N4O+. The molecule has 1 aliphatic carbocycles. The molecular weight excluding hydrogens is 336 g/mol. The first-order valence-electron chi connectivity index (χ1n) is 10.2. The van der Waals surface area contributed by atoms with E-state index < -0.39 is 0 Å². The minimum Gasteiger partial charge on any atom is -0.348 e. The third-order valence-corrected chi connectivity index (χ3v) is 5.84. The van der Waals surface area contributed by atoms with Crippen LogP contribution in [0.1, 0.15) is 49.6 Å². The number of rotatable bonds is 6. The Morgan fingerprint density at radius 1 is 1.22 bits per heavy atom. The SMILES string of the molecule is Cc1nn(-c2ccccc2)c(C)c1C[NH+](C)CC(=O)N[C@@H]1CCCC[C@@H]1C. The smallest absolute Gasteiger partial charge is 0.275 e.